The fraction of sp³-hybridized carbons (Fsp3) is 0.417. The molecule has 110 valence electrons. The van der Waals surface area contributed by atoms with E-state index in [2.05, 4.69) is 26.0 Å². The second-order valence-corrected chi connectivity index (χ2v) is 5.38. The molecule has 1 fully saturated rings. The Morgan fingerprint density at radius 2 is 2.10 bits per heavy atom. The minimum absolute atomic E-state index is 0.126. The molecule has 1 saturated carbocycles. The zero-order chi connectivity index (χ0) is 14.9. The first kappa shape index (κ1) is 15.0. The summed E-state index contributed by atoms with van der Waals surface area (Å²) in [6, 6.07) is 3.77. The minimum atomic E-state index is -4.80. The third-order valence-electron chi connectivity index (χ3n) is 3.10. The van der Waals surface area contributed by atoms with Crippen LogP contribution in [0, 0.1) is 5.92 Å². The summed E-state index contributed by atoms with van der Waals surface area (Å²) in [6.45, 7) is 0. The van der Waals surface area contributed by atoms with Gasteiger partial charge in [-0.05, 0) is 31.0 Å². The number of ether oxygens (including phenoxy) is 1. The van der Waals surface area contributed by atoms with Crippen molar-refractivity contribution in [3.05, 3.63) is 22.7 Å². The quantitative estimate of drug-likeness (QED) is 0.867. The van der Waals surface area contributed by atoms with Crippen LogP contribution in [-0.2, 0) is 4.79 Å². The second kappa shape index (κ2) is 5.51. The molecule has 4 nitrogen and oxygen atoms in total. The van der Waals surface area contributed by atoms with Gasteiger partial charge >= 0.3 is 12.3 Å². The smallest absolute Gasteiger partial charge is 0.481 e. The minimum Gasteiger partial charge on any atom is -0.481 e. The van der Waals surface area contributed by atoms with Crippen molar-refractivity contribution in [2.24, 2.45) is 5.92 Å². The molecule has 0 amide bonds. The zero-order valence-electron chi connectivity index (χ0n) is 10.1. The highest BCUT2D eigenvalue weighted by molar-refractivity contribution is 9.10. The lowest BCUT2D eigenvalue weighted by atomic mass is 9.79. The molecule has 1 aromatic carbocycles. The highest BCUT2D eigenvalue weighted by Crippen LogP contribution is 2.37. The predicted molar refractivity (Wildman–Crippen MR) is 68.6 cm³/mol. The van der Waals surface area contributed by atoms with Crippen molar-refractivity contribution < 1.29 is 27.8 Å². The standard InChI is InChI=1S/C12H11BrF3NO3/c13-6-1-3-9(10(5-6)20-12(14,15)16)17-8-4-2-7(8)11(18)19/h1,3,5,7-8,17H,2,4H2,(H,18,19). The van der Waals surface area contributed by atoms with Gasteiger partial charge in [-0.3, -0.25) is 4.79 Å². The van der Waals surface area contributed by atoms with Crippen molar-refractivity contribution in [2.45, 2.75) is 25.2 Å². The number of hydrogen-bond donors (Lipinski definition) is 2. The number of alkyl halides is 3. The number of aliphatic carboxylic acids is 1. The maximum Gasteiger partial charge on any atom is 0.573 e. The molecule has 8 heteroatoms. The largest absolute Gasteiger partial charge is 0.573 e. The number of carbonyl (C=O) groups is 1. The molecule has 1 aromatic rings. The highest BCUT2D eigenvalue weighted by atomic mass is 79.9. The van der Waals surface area contributed by atoms with E-state index < -0.39 is 18.2 Å². The van der Waals surface area contributed by atoms with Crippen molar-refractivity contribution in [3.63, 3.8) is 0 Å². The van der Waals surface area contributed by atoms with Crippen LogP contribution in [0.1, 0.15) is 12.8 Å². The van der Waals surface area contributed by atoms with Crippen LogP contribution in [0.5, 0.6) is 5.75 Å². The molecule has 2 unspecified atom stereocenters. The fourth-order valence-electron chi connectivity index (χ4n) is 1.99. The second-order valence-electron chi connectivity index (χ2n) is 4.46. The molecular weight excluding hydrogens is 343 g/mol. The van der Waals surface area contributed by atoms with Crippen LogP contribution in [-0.4, -0.2) is 23.5 Å². The highest BCUT2D eigenvalue weighted by Gasteiger charge is 2.38. The summed E-state index contributed by atoms with van der Waals surface area (Å²) in [5, 5.41) is 11.7. The van der Waals surface area contributed by atoms with Gasteiger partial charge in [-0.2, -0.15) is 0 Å². The molecule has 0 aromatic heterocycles. The van der Waals surface area contributed by atoms with Crippen LogP contribution in [0.15, 0.2) is 22.7 Å². The average molecular weight is 354 g/mol. The molecule has 2 rings (SSSR count). The molecule has 1 aliphatic rings. The topological polar surface area (TPSA) is 58.6 Å². The Morgan fingerprint density at radius 3 is 2.60 bits per heavy atom. The lowest BCUT2D eigenvalue weighted by molar-refractivity contribution is -0.274. The van der Waals surface area contributed by atoms with Crippen molar-refractivity contribution in [1.82, 2.24) is 0 Å². The molecular formula is C12H11BrF3NO3. The van der Waals surface area contributed by atoms with Gasteiger partial charge in [-0.25, -0.2) is 0 Å². The number of anilines is 1. The molecule has 0 spiro atoms. The summed E-state index contributed by atoms with van der Waals surface area (Å²) in [5.41, 5.74) is 0.126. The van der Waals surface area contributed by atoms with Gasteiger partial charge in [0, 0.05) is 10.5 Å². The molecule has 2 atom stereocenters. The number of rotatable bonds is 4. The monoisotopic (exact) mass is 353 g/mol. The Hall–Kier alpha value is -1.44. The van der Waals surface area contributed by atoms with Gasteiger partial charge < -0.3 is 15.2 Å². The van der Waals surface area contributed by atoms with Gasteiger partial charge in [-0.1, -0.05) is 15.9 Å². The molecule has 0 bridgehead atoms. The Kier molecular flexibility index (Phi) is 4.12. The number of benzene rings is 1. The van der Waals surface area contributed by atoms with E-state index in [9.17, 15) is 18.0 Å². The summed E-state index contributed by atoms with van der Waals surface area (Å²) in [5.74, 6) is -1.93. The van der Waals surface area contributed by atoms with Gasteiger partial charge in [0.1, 0.15) is 0 Å². The van der Waals surface area contributed by atoms with Crippen LogP contribution < -0.4 is 10.1 Å². The van der Waals surface area contributed by atoms with E-state index in [1.807, 2.05) is 0 Å². The summed E-state index contributed by atoms with van der Waals surface area (Å²) in [4.78, 5) is 10.9. The number of carboxylic acids is 1. The van der Waals surface area contributed by atoms with Crippen molar-refractivity contribution in [3.8, 4) is 5.75 Å². The number of hydrogen-bond acceptors (Lipinski definition) is 3. The molecule has 0 radical (unpaired) electrons. The summed E-state index contributed by atoms with van der Waals surface area (Å²) >= 11 is 3.07. The van der Waals surface area contributed by atoms with Crippen LogP contribution in [0.25, 0.3) is 0 Å². The SMILES string of the molecule is O=C(O)C1CCC1Nc1ccc(Br)cc1OC(F)(F)F. The predicted octanol–water partition coefficient (Wildman–Crippen LogP) is 3.62. The van der Waals surface area contributed by atoms with Crippen LogP contribution in [0.3, 0.4) is 0 Å². The summed E-state index contributed by atoms with van der Waals surface area (Å²) in [6.07, 6.45) is -3.69. The van der Waals surface area contributed by atoms with Crippen molar-refractivity contribution in [1.29, 1.82) is 0 Å². The van der Waals surface area contributed by atoms with E-state index in [1.54, 1.807) is 6.07 Å². The van der Waals surface area contributed by atoms with Crippen molar-refractivity contribution >= 4 is 27.6 Å². The molecule has 0 heterocycles. The van der Waals surface area contributed by atoms with Crippen molar-refractivity contribution in [2.75, 3.05) is 5.32 Å². The van der Waals surface area contributed by atoms with E-state index in [0.717, 1.165) is 0 Å². The van der Waals surface area contributed by atoms with E-state index in [1.165, 1.54) is 12.1 Å². The number of halogens is 4. The van der Waals surface area contributed by atoms with Crippen LogP contribution in [0.2, 0.25) is 0 Å². The first-order valence-electron chi connectivity index (χ1n) is 5.81. The van der Waals surface area contributed by atoms with Gasteiger partial charge in [0.05, 0.1) is 11.6 Å². The fourth-order valence-corrected chi connectivity index (χ4v) is 2.33. The molecule has 2 N–H and O–H groups in total. The van der Waals surface area contributed by atoms with Gasteiger partial charge in [-0.15, -0.1) is 13.2 Å². The third-order valence-corrected chi connectivity index (χ3v) is 3.60. The van der Waals surface area contributed by atoms with Crippen LogP contribution >= 0.6 is 15.9 Å². The Balaban J connectivity index is 2.17. The first-order valence-corrected chi connectivity index (χ1v) is 6.60. The first-order chi connectivity index (χ1) is 9.26. The van der Waals surface area contributed by atoms with Gasteiger partial charge in [0.25, 0.3) is 0 Å². The molecule has 20 heavy (non-hydrogen) atoms. The lowest BCUT2D eigenvalue weighted by Crippen LogP contribution is -2.43. The Labute approximate surface area is 121 Å². The zero-order valence-corrected chi connectivity index (χ0v) is 11.7. The van der Waals surface area contributed by atoms with Crippen LogP contribution in [0.4, 0.5) is 18.9 Å². The summed E-state index contributed by atoms with van der Waals surface area (Å²) in [7, 11) is 0. The van der Waals surface area contributed by atoms with E-state index in [-0.39, 0.29) is 17.5 Å². The maximum atomic E-state index is 12.3. The van der Waals surface area contributed by atoms with Gasteiger partial charge in [0.2, 0.25) is 0 Å². The average Bonchev–Trinajstić information content (AvgIpc) is 2.23. The van der Waals surface area contributed by atoms with E-state index >= 15 is 0 Å². The number of nitrogens with one attached hydrogen (secondary N) is 1. The number of carboxylic acid groups (broad SMARTS) is 1. The Morgan fingerprint density at radius 1 is 1.40 bits per heavy atom. The lowest BCUT2D eigenvalue weighted by Gasteiger charge is -2.35. The maximum absolute atomic E-state index is 12.3. The molecule has 0 saturated heterocycles. The Bertz CT molecular complexity index is 521. The van der Waals surface area contributed by atoms with Gasteiger partial charge in [0.15, 0.2) is 5.75 Å². The third kappa shape index (κ3) is 3.56. The summed E-state index contributed by atoms with van der Waals surface area (Å²) < 4.78 is 41.4. The normalized spacial score (nSPS) is 22.0. The molecule has 1 aliphatic carbocycles. The molecule has 0 aliphatic heterocycles. The van der Waals surface area contributed by atoms with E-state index in [4.69, 9.17) is 5.11 Å². The van der Waals surface area contributed by atoms with E-state index in [0.29, 0.717) is 17.3 Å².